The first-order valence-corrected chi connectivity index (χ1v) is 5.85. The summed E-state index contributed by atoms with van der Waals surface area (Å²) in [6, 6.07) is 7.75. The molecule has 0 aliphatic rings. The minimum atomic E-state index is -0.903. The fourth-order valence-electron chi connectivity index (χ4n) is 1.78. The average molecular weight is 249 g/mol. The van der Waals surface area contributed by atoms with Crippen molar-refractivity contribution in [2.75, 3.05) is 6.61 Å². The molecule has 0 heterocycles. The van der Waals surface area contributed by atoms with Crippen LogP contribution in [0.25, 0.3) is 0 Å². The molecule has 0 amide bonds. The van der Waals surface area contributed by atoms with Gasteiger partial charge in [0.1, 0.15) is 5.82 Å². The molecule has 18 heavy (non-hydrogen) atoms. The molecular weight excluding hydrogens is 233 g/mol. The fraction of sp³-hybridized carbons (Fsp3) is 0.429. The molecule has 1 rings (SSSR count). The first kappa shape index (κ1) is 14.2. The summed E-state index contributed by atoms with van der Waals surface area (Å²) in [6.07, 6.45) is 0.598. The van der Waals surface area contributed by atoms with Gasteiger partial charge in [-0.25, -0.2) is 4.39 Å². The lowest BCUT2D eigenvalue weighted by atomic mass is 9.78. The highest BCUT2D eigenvalue weighted by atomic mass is 19.1. The van der Waals surface area contributed by atoms with Crippen LogP contribution in [0.2, 0.25) is 0 Å². The van der Waals surface area contributed by atoms with E-state index in [-0.39, 0.29) is 24.8 Å². The summed E-state index contributed by atoms with van der Waals surface area (Å²) in [7, 11) is 0. The maximum Gasteiger partial charge on any atom is 0.316 e. The molecule has 0 saturated carbocycles. The van der Waals surface area contributed by atoms with Crippen LogP contribution < -0.4 is 0 Å². The van der Waals surface area contributed by atoms with Gasteiger partial charge in [-0.2, -0.15) is 5.26 Å². The van der Waals surface area contributed by atoms with E-state index in [4.69, 9.17) is 10.00 Å². The highest BCUT2D eigenvalue weighted by Crippen LogP contribution is 2.30. The number of esters is 1. The zero-order valence-electron chi connectivity index (χ0n) is 10.6. The first-order chi connectivity index (χ1) is 8.54. The molecule has 0 saturated heterocycles. The number of rotatable bonds is 5. The van der Waals surface area contributed by atoms with Crippen molar-refractivity contribution >= 4 is 5.97 Å². The van der Waals surface area contributed by atoms with Gasteiger partial charge in [0.25, 0.3) is 0 Å². The Kier molecular flexibility index (Phi) is 4.85. The summed E-state index contributed by atoms with van der Waals surface area (Å²) < 4.78 is 18.0. The van der Waals surface area contributed by atoms with Gasteiger partial charge in [-0.1, -0.05) is 12.1 Å². The van der Waals surface area contributed by atoms with E-state index in [1.165, 1.54) is 12.1 Å². The number of nitrogens with zero attached hydrogens (tertiary/aromatic N) is 1. The van der Waals surface area contributed by atoms with Gasteiger partial charge in [0.2, 0.25) is 0 Å². The van der Waals surface area contributed by atoms with E-state index in [1.54, 1.807) is 26.0 Å². The lowest BCUT2D eigenvalue weighted by molar-refractivity contribution is -0.149. The zero-order chi connectivity index (χ0) is 13.6. The number of benzene rings is 1. The number of hydrogen-bond donors (Lipinski definition) is 0. The summed E-state index contributed by atoms with van der Waals surface area (Å²) >= 11 is 0. The fourth-order valence-corrected chi connectivity index (χ4v) is 1.78. The lowest BCUT2D eigenvalue weighted by Gasteiger charge is -2.26. The molecule has 96 valence electrons. The van der Waals surface area contributed by atoms with E-state index in [2.05, 4.69) is 0 Å². The van der Waals surface area contributed by atoms with Crippen molar-refractivity contribution in [1.29, 1.82) is 5.26 Å². The summed E-state index contributed by atoms with van der Waals surface area (Å²) in [5.41, 5.74) is -0.239. The highest BCUT2D eigenvalue weighted by molar-refractivity contribution is 5.82. The van der Waals surface area contributed by atoms with Crippen LogP contribution in [0.5, 0.6) is 0 Å². The Bertz CT molecular complexity index is 450. The van der Waals surface area contributed by atoms with E-state index in [0.717, 1.165) is 0 Å². The molecule has 1 aromatic rings. The van der Waals surface area contributed by atoms with Crippen LogP contribution in [0, 0.1) is 17.1 Å². The van der Waals surface area contributed by atoms with E-state index < -0.39 is 5.41 Å². The van der Waals surface area contributed by atoms with Gasteiger partial charge in [-0.15, -0.1) is 0 Å². The third-order valence-corrected chi connectivity index (χ3v) is 2.94. The van der Waals surface area contributed by atoms with Crippen molar-refractivity contribution in [2.45, 2.75) is 32.1 Å². The second-order valence-electron chi connectivity index (χ2n) is 4.22. The van der Waals surface area contributed by atoms with Crippen LogP contribution in [0.3, 0.4) is 0 Å². The van der Waals surface area contributed by atoms with Gasteiger partial charge in [0.05, 0.1) is 18.1 Å². The minimum Gasteiger partial charge on any atom is -0.465 e. The van der Waals surface area contributed by atoms with E-state index in [9.17, 15) is 9.18 Å². The SMILES string of the molecule is CCOC(=O)C(C)(CCC#N)c1ccc(F)cc1. The van der Waals surface area contributed by atoms with Crippen LogP contribution >= 0.6 is 0 Å². The van der Waals surface area contributed by atoms with E-state index >= 15 is 0 Å². The van der Waals surface area contributed by atoms with Crippen molar-refractivity contribution < 1.29 is 13.9 Å². The molecule has 1 aromatic carbocycles. The maximum atomic E-state index is 12.9. The normalized spacial score (nSPS) is 13.4. The largest absolute Gasteiger partial charge is 0.465 e. The molecular formula is C14H16FNO2. The maximum absolute atomic E-state index is 12.9. The predicted molar refractivity (Wildman–Crippen MR) is 65.2 cm³/mol. The highest BCUT2D eigenvalue weighted by Gasteiger charge is 2.36. The zero-order valence-corrected chi connectivity index (χ0v) is 10.6. The molecule has 0 radical (unpaired) electrons. The monoisotopic (exact) mass is 249 g/mol. The Morgan fingerprint density at radius 3 is 2.56 bits per heavy atom. The van der Waals surface area contributed by atoms with Crippen LogP contribution in [0.4, 0.5) is 4.39 Å². The third-order valence-electron chi connectivity index (χ3n) is 2.94. The van der Waals surface area contributed by atoms with Crippen molar-refractivity contribution in [2.24, 2.45) is 0 Å². The number of carbonyl (C=O) groups excluding carboxylic acids is 1. The smallest absolute Gasteiger partial charge is 0.316 e. The van der Waals surface area contributed by atoms with Gasteiger partial charge < -0.3 is 4.74 Å². The number of ether oxygens (including phenoxy) is 1. The molecule has 0 bridgehead atoms. The molecule has 1 unspecified atom stereocenters. The molecule has 0 aliphatic carbocycles. The van der Waals surface area contributed by atoms with Crippen LogP contribution in [0.15, 0.2) is 24.3 Å². The summed E-state index contributed by atoms with van der Waals surface area (Å²) in [4.78, 5) is 12.0. The molecule has 4 heteroatoms. The van der Waals surface area contributed by atoms with Crippen molar-refractivity contribution in [3.05, 3.63) is 35.6 Å². The second-order valence-corrected chi connectivity index (χ2v) is 4.22. The second kappa shape index (κ2) is 6.15. The molecule has 0 spiro atoms. The summed E-state index contributed by atoms with van der Waals surface area (Å²) in [6.45, 7) is 3.73. The Balaban J connectivity index is 3.07. The Labute approximate surface area is 106 Å². The molecule has 3 nitrogen and oxygen atoms in total. The number of hydrogen-bond acceptors (Lipinski definition) is 3. The molecule has 0 N–H and O–H groups in total. The van der Waals surface area contributed by atoms with Crippen molar-refractivity contribution in [3.63, 3.8) is 0 Å². The van der Waals surface area contributed by atoms with Gasteiger partial charge in [-0.3, -0.25) is 4.79 Å². The lowest BCUT2D eigenvalue weighted by Crippen LogP contribution is -2.34. The van der Waals surface area contributed by atoms with E-state index in [1.807, 2.05) is 6.07 Å². The van der Waals surface area contributed by atoms with E-state index in [0.29, 0.717) is 12.0 Å². The van der Waals surface area contributed by atoms with Crippen LogP contribution in [-0.4, -0.2) is 12.6 Å². The van der Waals surface area contributed by atoms with Crippen molar-refractivity contribution in [1.82, 2.24) is 0 Å². The average Bonchev–Trinajstić information content (AvgIpc) is 2.37. The predicted octanol–water partition coefficient (Wildman–Crippen LogP) is 2.95. The Hall–Kier alpha value is -1.89. The molecule has 0 aliphatic heterocycles. The third kappa shape index (κ3) is 3.07. The van der Waals surface area contributed by atoms with Gasteiger partial charge in [0.15, 0.2) is 0 Å². The minimum absolute atomic E-state index is 0.243. The van der Waals surface area contributed by atoms with Gasteiger partial charge in [-0.05, 0) is 38.0 Å². The number of halogens is 1. The summed E-state index contributed by atoms with van der Waals surface area (Å²) in [5, 5.41) is 8.67. The standard InChI is InChI=1S/C14H16FNO2/c1-3-18-13(17)14(2,9-4-10-16)11-5-7-12(15)8-6-11/h5-8H,3-4,9H2,1-2H3. The number of carbonyl (C=O) groups is 1. The van der Waals surface area contributed by atoms with Gasteiger partial charge >= 0.3 is 5.97 Å². The molecule has 1 atom stereocenters. The van der Waals surface area contributed by atoms with Gasteiger partial charge in [0, 0.05) is 6.42 Å². The first-order valence-electron chi connectivity index (χ1n) is 5.85. The van der Waals surface area contributed by atoms with Crippen LogP contribution in [0.1, 0.15) is 32.3 Å². The summed E-state index contributed by atoms with van der Waals surface area (Å²) in [5.74, 6) is -0.739. The number of nitriles is 1. The quantitative estimate of drug-likeness (QED) is 0.754. The molecule has 0 fully saturated rings. The van der Waals surface area contributed by atoms with Crippen LogP contribution in [-0.2, 0) is 14.9 Å². The molecule has 0 aromatic heterocycles. The Morgan fingerprint density at radius 1 is 1.44 bits per heavy atom. The Morgan fingerprint density at radius 2 is 2.06 bits per heavy atom. The van der Waals surface area contributed by atoms with Crippen molar-refractivity contribution in [3.8, 4) is 6.07 Å². The topological polar surface area (TPSA) is 50.1 Å².